The summed E-state index contributed by atoms with van der Waals surface area (Å²) in [5.74, 6) is -0.116. The maximum Gasteiger partial charge on any atom is 0.241 e. The van der Waals surface area contributed by atoms with Gasteiger partial charge in [-0.2, -0.15) is 5.26 Å². The van der Waals surface area contributed by atoms with Crippen LogP contribution in [0.1, 0.15) is 32.1 Å². The average molecular weight is 264 g/mol. The van der Waals surface area contributed by atoms with Crippen LogP contribution in [-0.4, -0.2) is 38.4 Å². The molecule has 3 atom stereocenters. The fraction of sp³-hybridized carbons (Fsp3) is 0.857. The molecule has 2 aliphatic carbocycles. The predicted octanol–water partition coefficient (Wildman–Crippen LogP) is 0.990. The molecule has 3 rings (SSSR count). The van der Waals surface area contributed by atoms with Gasteiger partial charge in [-0.1, -0.05) is 12.8 Å². The zero-order valence-electron chi connectivity index (χ0n) is 11.3. The predicted molar refractivity (Wildman–Crippen MR) is 67.1 cm³/mol. The van der Waals surface area contributed by atoms with Crippen LogP contribution >= 0.6 is 0 Å². The lowest BCUT2D eigenvalue weighted by Crippen LogP contribution is -2.47. The fourth-order valence-corrected chi connectivity index (χ4v) is 3.84. The van der Waals surface area contributed by atoms with Crippen LogP contribution in [0.3, 0.4) is 0 Å². The normalized spacial score (nSPS) is 39.2. The lowest BCUT2D eigenvalue weighted by molar-refractivity contribution is -0.127. The zero-order valence-corrected chi connectivity index (χ0v) is 11.3. The van der Waals surface area contributed by atoms with E-state index >= 15 is 0 Å². The molecule has 3 aliphatic rings. The van der Waals surface area contributed by atoms with Gasteiger partial charge in [0.1, 0.15) is 11.5 Å². The topological polar surface area (TPSA) is 71.3 Å². The molecule has 0 aromatic rings. The molecule has 5 heteroatoms. The first-order chi connectivity index (χ1) is 9.17. The Bertz CT molecular complexity index is 425. The Kier molecular flexibility index (Phi) is 3.03. The third kappa shape index (κ3) is 1.78. The second-order valence-corrected chi connectivity index (χ2v) is 6.07. The van der Waals surface area contributed by atoms with Crippen LogP contribution in [0.25, 0.3) is 0 Å². The fourth-order valence-electron chi connectivity index (χ4n) is 3.84. The number of nitriles is 1. The third-order valence-electron chi connectivity index (χ3n) is 5.17. The maximum absolute atomic E-state index is 12.5. The van der Waals surface area contributed by atoms with Crippen molar-refractivity contribution < 1.29 is 14.3 Å². The Morgan fingerprint density at radius 2 is 2.16 bits per heavy atom. The van der Waals surface area contributed by atoms with Gasteiger partial charge in [0.05, 0.1) is 25.3 Å². The van der Waals surface area contributed by atoms with E-state index < -0.39 is 5.41 Å². The van der Waals surface area contributed by atoms with E-state index in [1.165, 1.54) is 0 Å². The van der Waals surface area contributed by atoms with Gasteiger partial charge in [0.15, 0.2) is 0 Å². The van der Waals surface area contributed by atoms with E-state index in [1.54, 1.807) is 7.11 Å². The number of rotatable bonds is 3. The van der Waals surface area contributed by atoms with Crippen LogP contribution in [0.2, 0.25) is 0 Å². The number of nitrogens with one attached hydrogen (secondary N) is 1. The third-order valence-corrected chi connectivity index (χ3v) is 5.17. The molecule has 0 aromatic carbocycles. The Morgan fingerprint density at radius 1 is 1.42 bits per heavy atom. The van der Waals surface area contributed by atoms with E-state index in [1.807, 2.05) is 0 Å². The zero-order chi connectivity index (χ0) is 13.5. The number of carbonyl (C=O) groups is 1. The molecular weight excluding hydrogens is 244 g/mol. The van der Waals surface area contributed by atoms with Gasteiger partial charge in [0, 0.05) is 12.5 Å². The molecule has 19 heavy (non-hydrogen) atoms. The van der Waals surface area contributed by atoms with Crippen molar-refractivity contribution in [2.75, 3.05) is 20.3 Å². The molecule has 1 aliphatic heterocycles. The van der Waals surface area contributed by atoms with Gasteiger partial charge in [-0.15, -0.1) is 0 Å². The Hall–Kier alpha value is -1.12. The summed E-state index contributed by atoms with van der Waals surface area (Å²) in [6, 6.07) is 2.17. The minimum absolute atomic E-state index is 0.0339. The number of methoxy groups -OCH3 is 1. The van der Waals surface area contributed by atoms with E-state index in [4.69, 9.17) is 9.47 Å². The van der Waals surface area contributed by atoms with Crippen molar-refractivity contribution in [2.45, 2.75) is 44.2 Å². The molecule has 5 nitrogen and oxygen atoms in total. The second-order valence-electron chi connectivity index (χ2n) is 6.07. The van der Waals surface area contributed by atoms with E-state index in [0.717, 1.165) is 32.1 Å². The number of amides is 1. The molecule has 1 unspecified atom stereocenters. The number of ether oxygens (including phenoxy) is 2. The summed E-state index contributed by atoms with van der Waals surface area (Å²) in [6.45, 7) is 0.977. The average Bonchev–Trinajstić information content (AvgIpc) is 2.75. The van der Waals surface area contributed by atoms with E-state index in [-0.39, 0.29) is 23.5 Å². The highest BCUT2D eigenvalue weighted by Gasteiger charge is 2.73. The summed E-state index contributed by atoms with van der Waals surface area (Å²) in [5.41, 5.74) is -0.821. The van der Waals surface area contributed by atoms with Gasteiger partial charge in [-0.3, -0.25) is 4.79 Å². The molecule has 2 saturated carbocycles. The van der Waals surface area contributed by atoms with Crippen molar-refractivity contribution in [3.05, 3.63) is 0 Å². The largest absolute Gasteiger partial charge is 0.377 e. The SMILES string of the molecule is CO[C@@H]1COC[C@@H]1NC(=O)C1(C#N)CC12CCCC2. The number of nitrogens with zero attached hydrogens (tertiary/aromatic N) is 1. The molecule has 0 bridgehead atoms. The van der Waals surface area contributed by atoms with Crippen molar-refractivity contribution in [3.63, 3.8) is 0 Å². The number of hydrogen-bond acceptors (Lipinski definition) is 4. The molecule has 1 spiro atoms. The molecule has 3 fully saturated rings. The van der Waals surface area contributed by atoms with Crippen molar-refractivity contribution >= 4 is 5.91 Å². The Morgan fingerprint density at radius 3 is 2.79 bits per heavy atom. The van der Waals surface area contributed by atoms with Crippen LogP contribution in [0.4, 0.5) is 0 Å². The summed E-state index contributed by atoms with van der Waals surface area (Å²) in [6.07, 6.45) is 4.95. The molecule has 0 aromatic heterocycles. The molecule has 104 valence electrons. The first-order valence-electron chi connectivity index (χ1n) is 7.00. The molecule has 0 radical (unpaired) electrons. The van der Waals surface area contributed by atoms with Gasteiger partial charge in [-0.25, -0.2) is 0 Å². The first kappa shape index (κ1) is 12.9. The minimum atomic E-state index is -0.787. The minimum Gasteiger partial charge on any atom is -0.377 e. The lowest BCUT2D eigenvalue weighted by atomic mass is 9.91. The lowest BCUT2D eigenvalue weighted by Gasteiger charge is -2.21. The standard InChI is InChI=1S/C14H20N2O3/c1-18-11-7-19-6-10(11)16-12(17)14(9-15)8-13(14)4-2-3-5-13/h10-11H,2-8H2,1H3,(H,16,17)/t10-,11+,14?/m0/s1. The highest BCUT2D eigenvalue weighted by molar-refractivity contribution is 5.90. The van der Waals surface area contributed by atoms with Crippen LogP contribution in [0, 0.1) is 22.2 Å². The molecular formula is C14H20N2O3. The summed E-state index contributed by atoms with van der Waals surface area (Å²) in [4.78, 5) is 12.5. The van der Waals surface area contributed by atoms with Gasteiger partial charge >= 0.3 is 0 Å². The summed E-state index contributed by atoms with van der Waals surface area (Å²) >= 11 is 0. The van der Waals surface area contributed by atoms with Crippen molar-refractivity contribution in [1.29, 1.82) is 5.26 Å². The van der Waals surface area contributed by atoms with Crippen LogP contribution < -0.4 is 5.32 Å². The molecule has 1 N–H and O–H groups in total. The highest BCUT2D eigenvalue weighted by atomic mass is 16.5. The maximum atomic E-state index is 12.5. The number of hydrogen-bond donors (Lipinski definition) is 1. The van der Waals surface area contributed by atoms with Crippen LogP contribution in [-0.2, 0) is 14.3 Å². The summed E-state index contributed by atoms with van der Waals surface area (Å²) in [7, 11) is 1.62. The van der Waals surface area contributed by atoms with Gasteiger partial charge in [-0.05, 0) is 19.3 Å². The Balaban J connectivity index is 1.69. The van der Waals surface area contributed by atoms with E-state index in [9.17, 15) is 10.1 Å². The highest BCUT2D eigenvalue weighted by Crippen LogP contribution is 2.71. The summed E-state index contributed by atoms with van der Waals surface area (Å²) < 4.78 is 10.6. The summed E-state index contributed by atoms with van der Waals surface area (Å²) in [5, 5.41) is 12.4. The van der Waals surface area contributed by atoms with Crippen molar-refractivity contribution in [3.8, 4) is 6.07 Å². The molecule has 1 amide bonds. The van der Waals surface area contributed by atoms with Crippen LogP contribution in [0.15, 0.2) is 0 Å². The second kappa shape index (κ2) is 4.46. The quantitative estimate of drug-likeness (QED) is 0.825. The van der Waals surface area contributed by atoms with Gasteiger partial charge in [0.2, 0.25) is 5.91 Å². The number of carbonyl (C=O) groups excluding carboxylic acids is 1. The van der Waals surface area contributed by atoms with Crippen molar-refractivity contribution in [2.24, 2.45) is 10.8 Å². The van der Waals surface area contributed by atoms with Gasteiger partial charge < -0.3 is 14.8 Å². The van der Waals surface area contributed by atoms with Crippen LogP contribution in [0.5, 0.6) is 0 Å². The van der Waals surface area contributed by atoms with Crippen molar-refractivity contribution in [1.82, 2.24) is 5.32 Å². The molecule has 1 saturated heterocycles. The first-order valence-corrected chi connectivity index (χ1v) is 7.00. The monoisotopic (exact) mass is 264 g/mol. The Labute approximate surface area is 113 Å². The van der Waals surface area contributed by atoms with Gasteiger partial charge in [0.25, 0.3) is 0 Å². The smallest absolute Gasteiger partial charge is 0.241 e. The van der Waals surface area contributed by atoms with E-state index in [0.29, 0.717) is 13.2 Å². The molecule has 1 heterocycles. The van der Waals surface area contributed by atoms with E-state index in [2.05, 4.69) is 11.4 Å².